The van der Waals surface area contributed by atoms with Crippen molar-refractivity contribution < 1.29 is 19.1 Å². The number of para-hydroxylation sites is 1. The smallest absolute Gasteiger partial charge is 0.318 e. The first kappa shape index (κ1) is 15.4. The van der Waals surface area contributed by atoms with Gasteiger partial charge in [0.25, 0.3) is 0 Å². The quantitative estimate of drug-likeness (QED) is 0.912. The van der Waals surface area contributed by atoms with Gasteiger partial charge in [0, 0.05) is 24.0 Å². The number of rotatable bonds is 3. The molecule has 1 aliphatic rings. The van der Waals surface area contributed by atoms with Crippen LogP contribution in [-0.2, 0) is 4.79 Å². The molecule has 1 fully saturated rings. The summed E-state index contributed by atoms with van der Waals surface area (Å²) in [6, 6.07) is 7.23. The number of furan rings is 1. The van der Waals surface area contributed by atoms with Gasteiger partial charge >= 0.3 is 12.0 Å². The minimum absolute atomic E-state index is 0.249. The molecule has 0 radical (unpaired) electrons. The first-order valence-corrected chi connectivity index (χ1v) is 7.73. The number of carbonyl (C=O) groups is 2. The topological polar surface area (TPSA) is 82.8 Å². The fraction of sp³-hybridized carbons (Fsp3) is 0.412. The molecule has 1 saturated heterocycles. The van der Waals surface area contributed by atoms with Gasteiger partial charge in [-0.1, -0.05) is 18.2 Å². The number of carboxylic acids is 1. The largest absolute Gasteiger partial charge is 0.481 e. The Hall–Kier alpha value is -2.50. The SMILES string of the molecule is Cc1c([C@@H](C)NC(=O)N2CCC(C(=O)O)C2)oc2ccccc12. The molecule has 1 unspecified atom stereocenters. The summed E-state index contributed by atoms with van der Waals surface area (Å²) in [5.74, 6) is -0.584. The van der Waals surface area contributed by atoms with Crippen LogP contribution in [0.5, 0.6) is 0 Å². The molecule has 1 aromatic heterocycles. The Labute approximate surface area is 134 Å². The van der Waals surface area contributed by atoms with E-state index in [0.29, 0.717) is 13.0 Å². The number of nitrogens with one attached hydrogen (secondary N) is 1. The van der Waals surface area contributed by atoms with Crippen molar-refractivity contribution in [2.45, 2.75) is 26.3 Å². The molecule has 2 N–H and O–H groups in total. The minimum atomic E-state index is -0.846. The highest BCUT2D eigenvalue weighted by atomic mass is 16.4. The lowest BCUT2D eigenvalue weighted by Gasteiger charge is -2.20. The van der Waals surface area contributed by atoms with Crippen molar-refractivity contribution in [2.75, 3.05) is 13.1 Å². The molecule has 3 rings (SSSR count). The van der Waals surface area contributed by atoms with E-state index in [2.05, 4.69) is 5.32 Å². The first-order chi connectivity index (χ1) is 11.0. The number of fused-ring (bicyclic) bond motifs is 1. The van der Waals surface area contributed by atoms with Gasteiger partial charge in [0.15, 0.2) is 0 Å². The van der Waals surface area contributed by atoms with Crippen molar-refractivity contribution in [1.82, 2.24) is 10.2 Å². The van der Waals surface area contributed by atoms with Gasteiger partial charge in [-0.2, -0.15) is 0 Å². The molecule has 0 spiro atoms. The van der Waals surface area contributed by atoms with Crippen LogP contribution in [0, 0.1) is 12.8 Å². The van der Waals surface area contributed by atoms with E-state index in [4.69, 9.17) is 9.52 Å². The van der Waals surface area contributed by atoms with E-state index in [1.807, 2.05) is 38.1 Å². The van der Waals surface area contributed by atoms with E-state index in [0.717, 1.165) is 22.3 Å². The summed E-state index contributed by atoms with van der Waals surface area (Å²) in [4.78, 5) is 24.8. The van der Waals surface area contributed by atoms with Crippen LogP contribution in [0.2, 0.25) is 0 Å². The molecule has 0 aliphatic carbocycles. The maximum atomic E-state index is 12.3. The third-order valence-electron chi connectivity index (χ3n) is 4.44. The highest BCUT2D eigenvalue weighted by Crippen LogP contribution is 2.29. The zero-order valence-electron chi connectivity index (χ0n) is 13.2. The van der Waals surface area contributed by atoms with E-state index in [1.54, 1.807) is 4.90 Å². The van der Waals surface area contributed by atoms with Crippen molar-refractivity contribution in [1.29, 1.82) is 0 Å². The number of benzene rings is 1. The number of hydrogen-bond donors (Lipinski definition) is 2. The zero-order valence-corrected chi connectivity index (χ0v) is 13.2. The van der Waals surface area contributed by atoms with E-state index in [-0.39, 0.29) is 18.6 Å². The zero-order chi connectivity index (χ0) is 16.6. The summed E-state index contributed by atoms with van der Waals surface area (Å²) in [6.07, 6.45) is 0.501. The number of carbonyl (C=O) groups excluding carboxylic acids is 1. The molecule has 2 aromatic rings. The van der Waals surface area contributed by atoms with Crippen LogP contribution in [-0.4, -0.2) is 35.1 Å². The van der Waals surface area contributed by atoms with Crippen LogP contribution in [0.4, 0.5) is 4.79 Å². The predicted molar refractivity (Wildman–Crippen MR) is 85.2 cm³/mol. The predicted octanol–water partition coefficient (Wildman–Crippen LogP) is 2.92. The van der Waals surface area contributed by atoms with E-state index in [9.17, 15) is 9.59 Å². The second-order valence-electron chi connectivity index (χ2n) is 6.03. The van der Waals surface area contributed by atoms with Crippen molar-refractivity contribution in [2.24, 2.45) is 5.92 Å². The van der Waals surface area contributed by atoms with Gasteiger partial charge in [-0.15, -0.1) is 0 Å². The number of hydrogen-bond acceptors (Lipinski definition) is 3. The number of urea groups is 1. The monoisotopic (exact) mass is 316 g/mol. The summed E-state index contributed by atoms with van der Waals surface area (Å²) in [5.41, 5.74) is 1.81. The lowest BCUT2D eigenvalue weighted by molar-refractivity contribution is -0.141. The van der Waals surface area contributed by atoms with Gasteiger partial charge in [0.1, 0.15) is 11.3 Å². The maximum Gasteiger partial charge on any atom is 0.318 e. The molecule has 2 amide bonds. The summed E-state index contributed by atoms with van der Waals surface area (Å²) >= 11 is 0. The summed E-state index contributed by atoms with van der Waals surface area (Å²) < 4.78 is 5.86. The average molecular weight is 316 g/mol. The average Bonchev–Trinajstić information content (AvgIpc) is 3.13. The molecular formula is C17H20N2O4. The Balaban J connectivity index is 1.71. The lowest BCUT2D eigenvalue weighted by atomic mass is 10.1. The lowest BCUT2D eigenvalue weighted by Crippen LogP contribution is -2.40. The van der Waals surface area contributed by atoms with Gasteiger partial charge in [-0.05, 0) is 26.3 Å². The van der Waals surface area contributed by atoms with Crippen LogP contribution >= 0.6 is 0 Å². The van der Waals surface area contributed by atoms with Crippen LogP contribution in [0.1, 0.15) is 30.7 Å². The van der Waals surface area contributed by atoms with Crippen LogP contribution < -0.4 is 5.32 Å². The number of amides is 2. The Morgan fingerprint density at radius 1 is 1.39 bits per heavy atom. The van der Waals surface area contributed by atoms with Crippen molar-refractivity contribution in [3.8, 4) is 0 Å². The Bertz CT molecular complexity index is 752. The fourth-order valence-electron chi connectivity index (χ4n) is 3.09. The second-order valence-corrected chi connectivity index (χ2v) is 6.03. The van der Waals surface area contributed by atoms with Crippen LogP contribution in [0.25, 0.3) is 11.0 Å². The molecule has 0 bridgehead atoms. The third kappa shape index (κ3) is 2.88. The molecule has 1 aliphatic heterocycles. The Morgan fingerprint density at radius 3 is 2.78 bits per heavy atom. The van der Waals surface area contributed by atoms with Gasteiger partial charge in [-0.3, -0.25) is 4.79 Å². The number of aryl methyl sites for hydroxylation is 1. The normalized spacial score (nSPS) is 19.0. The number of likely N-dealkylation sites (tertiary alicyclic amines) is 1. The van der Waals surface area contributed by atoms with Crippen LogP contribution in [0.15, 0.2) is 28.7 Å². The highest BCUT2D eigenvalue weighted by Gasteiger charge is 2.31. The van der Waals surface area contributed by atoms with Crippen molar-refractivity contribution in [3.63, 3.8) is 0 Å². The van der Waals surface area contributed by atoms with E-state index >= 15 is 0 Å². The standard InChI is InChI=1S/C17H20N2O4/c1-10-13-5-3-4-6-14(13)23-15(10)11(2)18-17(22)19-8-7-12(9-19)16(20)21/h3-6,11-12H,7-9H2,1-2H3,(H,18,22)(H,20,21)/t11-,12?/m1/s1. The summed E-state index contributed by atoms with van der Waals surface area (Å²) in [7, 11) is 0. The molecule has 0 saturated carbocycles. The minimum Gasteiger partial charge on any atom is -0.481 e. The molecule has 1 aromatic carbocycles. The van der Waals surface area contributed by atoms with E-state index < -0.39 is 11.9 Å². The van der Waals surface area contributed by atoms with Gasteiger partial charge in [0.05, 0.1) is 12.0 Å². The van der Waals surface area contributed by atoms with Gasteiger partial charge in [0.2, 0.25) is 0 Å². The van der Waals surface area contributed by atoms with Crippen LogP contribution in [0.3, 0.4) is 0 Å². The molecule has 23 heavy (non-hydrogen) atoms. The number of nitrogens with zero attached hydrogens (tertiary/aromatic N) is 1. The molecule has 6 heteroatoms. The third-order valence-corrected chi connectivity index (χ3v) is 4.44. The molecular weight excluding hydrogens is 296 g/mol. The summed E-state index contributed by atoms with van der Waals surface area (Å²) in [6.45, 7) is 4.56. The fourth-order valence-corrected chi connectivity index (χ4v) is 3.09. The van der Waals surface area contributed by atoms with E-state index in [1.165, 1.54) is 0 Å². The number of carboxylic acid groups (broad SMARTS) is 1. The maximum absolute atomic E-state index is 12.3. The highest BCUT2D eigenvalue weighted by molar-refractivity contribution is 5.82. The van der Waals surface area contributed by atoms with Crippen molar-refractivity contribution in [3.05, 3.63) is 35.6 Å². The Kier molecular flexibility index (Phi) is 3.98. The summed E-state index contributed by atoms with van der Waals surface area (Å²) in [5, 5.41) is 13.0. The first-order valence-electron chi connectivity index (χ1n) is 7.73. The van der Waals surface area contributed by atoms with Gasteiger partial charge in [-0.25, -0.2) is 4.79 Å². The molecule has 2 heterocycles. The Morgan fingerprint density at radius 2 is 2.13 bits per heavy atom. The van der Waals surface area contributed by atoms with Crippen molar-refractivity contribution >= 4 is 23.0 Å². The molecule has 6 nitrogen and oxygen atoms in total. The molecule has 2 atom stereocenters. The molecule has 122 valence electrons. The number of aliphatic carboxylic acids is 1. The second kappa shape index (κ2) is 5.95. The van der Waals surface area contributed by atoms with Gasteiger partial charge < -0.3 is 19.7 Å².